The minimum Gasteiger partial charge on any atom is -0.468 e. The quantitative estimate of drug-likeness (QED) is 0.0146. The Morgan fingerprint density at radius 1 is 0.590 bits per heavy atom. The molecule has 5 aliphatic carbocycles. The summed E-state index contributed by atoms with van der Waals surface area (Å²) in [6.45, 7) is 17.5. The molecule has 1 aromatic carbocycles. The number of hydrogen-bond acceptors (Lipinski definition) is 30. The van der Waals surface area contributed by atoms with Gasteiger partial charge in [-0.1, -0.05) is 83.5 Å². The summed E-state index contributed by atoms with van der Waals surface area (Å²) in [6.07, 6.45) is -30.9. The summed E-state index contributed by atoms with van der Waals surface area (Å²) < 4.78 is 80.2. The van der Waals surface area contributed by atoms with Crippen LogP contribution < -0.4 is 0 Å². The van der Waals surface area contributed by atoms with Gasteiger partial charge in [0.1, 0.15) is 85.6 Å². The van der Waals surface area contributed by atoms with Crippen LogP contribution in [0.4, 0.5) is 0 Å². The van der Waals surface area contributed by atoms with E-state index in [1.807, 2.05) is 19.1 Å². The van der Waals surface area contributed by atoms with E-state index in [1.54, 1.807) is 19.1 Å². The first-order valence-electron chi connectivity index (χ1n) is 37.0. The Kier molecular flexibility index (Phi) is 24.8. The summed E-state index contributed by atoms with van der Waals surface area (Å²) in [7, 11) is 0. The van der Waals surface area contributed by atoms with Gasteiger partial charge in [-0.2, -0.15) is 0 Å². The molecule has 12 N–H and O–H groups in total. The van der Waals surface area contributed by atoms with Crippen molar-refractivity contribution in [3.63, 3.8) is 0 Å². The van der Waals surface area contributed by atoms with Crippen molar-refractivity contribution in [2.24, 2.45) is 56.2 Å². The molecule has 0 spiro atoms. The van der Waals surface area contributed by atoms with E-state index in [4.69, 9.17) is 61.6 Å². The van der Waals surface area contributed by atoms with Gasteiger partial charge in [0.2, 0.25) is 6.29 Å². The minimum absolute atomic E-state index is 0.0282. The minimum atomic E-state index is -2.00. The van der Waals surface area contributed by atoms with Crippen LogP contribution in [0.2, 0.25) is 0 Å². The van der Waals surface area contributed by atoms with Gasteiger partial charge < -0.3 is 128 Å². The van der Waals surface area contributed by atoms with Gasteiger partial charge in [-0.15, -0.1) is 0 Å². The number of aliphatic hydroxyl groups is 12. The number of fused-ring (bicyclic) bond motifs is 7. The van der Waals surface area contributed by atoms with Crippen molar-refractivity contribution < 1.29 is 147 Å². The van der Waals surface area contributed by atoms with Gasteiger partial charge in [0, 0.05) is 13.0 Å². The van der Waals surface area contributed by atoms with Gasteiger partial charge in [0.15, 0.2) is 43.5 Å². The SMILES string of the molecule is CC(=O)OC1C(OC(=O)/C=C/c2ccc(C)cc2)C(C)OC(OC(=O)[C@]23CCC(C)(C)C[C@H]2C2C=C[C@@H]4[C@@]5(C)CC[C@H](OC6OC(CCCCOC=O)C(O)C(OC7OCC(O)C(O)C7O)C6OC6OC(CO)C(O)C(O)C6O)[C@@](C)(C=O)[C@@H]5CC[C@@]4(C)[C@]2(C)C[C@H]3O)C1OC1OC(C)C(O)C(O)C1O. The van der Waals surface area contributed by atoms with Gasteiger partial charge in [0.05, 0.1) is 61.2 Å². The molecule has 25 unspecified atom stereocenters. The standard InChI is InChI=1S/C75H110O30/c1-35-14-16-39(17-15-35)18-21-49(82)101-59-37(3)96-67(63(61(59)97-38(4)79)104-65-57(90)54(87)50(83)36(2)95-65)105-69(92)75-27-26-70(5,6)29-41(75)40-19-20-46-71(7)24-23-48(72(8,33-77)45(71)22-25-73(46,9)74(40,10)30-47(75)81)100-68-62(103-66-58(91)55(88)52(85)44(31-76)99-66)60(102-64-56(89)51(84)42(80)32-94-64)53(86)43(98-68)13-11-12-28-93-34-78/h14-21,33-34,36-37,40-48,50-68,76,80-81,83-91H,11-13,22-32H2,1-10H3/b21-18+/t36?,37?,40?,41-,42?,43?,44?,45+,46+,47+,48-,50?,51?,52?,53?,54?,55?,56?,57?,58?,59?,60?,61?,62?,63?,64?,65?,66?,67?,68?,71-,72-,73+,74+,75+/m0/s1. The number of carbonyl (C=O) groups excluding carboxylic acids is 5. The molecule has 11 rings (SSSR count). The maximum absolute atomic E-state index is 16.1. The van der Waals surface area contributed by atoms with Crippen LogP contribution >= 0.6 is 0 Å². The van der Waals surface area contributed by atoms with E-state index in [0.717, 1.165) is 18.8 Å². The molecule has 35 atom stereocenters. The Morgan fingerprint density at radius 2 is 1.23 bits per heavy atom. The molecule has 0 radical (unpaired) electrons. The molecular formula is C75H110O30. The summed E-state index contributed by atoms with van der Waals surface area (Å²) >= 11 is 0. The van der Waals surface area contributed by atoms with E-state index in [2.05, 4.69) is 46.8 Å². The average molecular weight is 1490 g/mol. The van der Waals surface area contributed by atoms with Crippen molar-refractivity contribution in [1.29, 1.82) is 0 Å². The number of unbranched alkanes of at least 4 members (excludes halogenated alkanes) is 1. The van der Waals surface area contributed by atoms with Gasteiger partial charge in [0.25, 0.3) is 6.47 Å². The van der Waals surface area contributed by atoms with Crippen molar-refractivity contribution >= 4 is 36.7 Å². The number of esters is 3. The van der Waals surface area contributed by atoms with E-state index in [9.17, 15) is 80.5 Å². The van der Waals surface area contributed by atoms with Gasteiger partial charge in [-0.3, -0.25) is 14.4 Å². The second-order valence-corrected chi connectivity index (χ2v) is 33.0. The monoisotopic (exact) mass is 1490 g/mol. The second kappa shape index (κ2) is 32.0. The van der Waals surface area contributed by atoms with Crippen LogP contribution in [0.1, 0.15) is 144 Å². The first-order chi connectivity index (χ1) is 49.5. The maximum atomic E-state index is 16.1. The third-order valence-electron chi connectivity index (χ3n) is 26.0. The van der Waals surface area contributed by atoms with Crippen LogP contribution in [-0.2, 0) is 85.6 Å². The average Bonchev–Trinajstić information content (AvgIpc) is 0.671. The molecular weight excluding hydrogens is 1380 g/mol. The normalized spacial score (nSPS) is 48.1. The molecule has 9 fully saturated rings. The van der Waals surface area contributed by atoms with Crippen molar-refractivity contribution in [2.75, 3.05) is 19.8 Å². The fraction of sp³-hybridized carbons (Fsp3) is 0.800. The van der Waals surface area contributed by atoms with E-state index >= 15 is 4.79 Å². The fourth-order valence-corrected chi connectivity index (χ4v) is 19.7. The van der Waals surface area contributed by atoms with E-state index in [1.165, 1.54) is 26.0 Å². The lowest BCUT2D eigenvalue weighted by Crippen LogP contribution is -2.70. The number of aliphatic hydroxyl groups excluding tert-OH is 12. The number of ether oxygens (including phenoxy) is 13. The van der Waals surface area contributed by atoms with Crippen LogP contribution in [0.15, 0.2) is 42.5 Å². The Hall–Kier alpha value is -4.59. The van der Waals surface area contributed by atoms with E-state index in [0.29, 0.717) is 57.0 Å². The third-order valence-corrected chi connectivity index (χ3v) is 26.0. The van der Waals surface area contributed by atoms with Gasteiger partial charge in [-0.05, 0) is 148 Å². The van der Waals surface area contributed by atoms with E-state index in [-0.39, 0.29) is 49.5 Å². The predicted molar refractivity (Wildman–Crippen MR) is 361 cm³/mol. The zero-order valence-electron chi connectivity index (χ0n) is 61.2. The molecule has 590 valence electrons. The highest BCUT2D eigenvalue weighted by Crippen LogP contribution is 2.76. The summed E-state index contributed by atoms with van der Waals surface area (Å²) in [6, 6.07) is 7.33. The van der Waals surface area contributed by atoms with Crippen LogP contribution in [0.3, 0.4) is 0 Å². The largest absolute Gasteiger partial charge is 0.468 e. The van der Waals surface area contributed by atoms with Crippen molar-refractivity contribution in [3.05, 3.63) is 53.6 Å². The molecule has 5 saturated heterocycles. The first-order valence-corrected chi connectivity index (χ1v) is 37.0. The van der Waals surface area contributed by atoms with Crippen LogP contribution in [-0.4, -0.2) is 271 Å². The number of aldehydes is 1. The van der Waals surface area contributed by atoms with Crippen molar-refractivity contribution in [1.82, 2.24) is 0 Å². The Labute approximate surface area is 610 Å². The zero-order chi connectivity index (χ0) is 76.4. The Bertz CT molecular complexity index is 3240. The molecule has 0 aromatic heterocycles. The molecule has 5 aliphatic heterocycles. The lowest BCUT2D eigenvalue weighted by Gasteiger charge is -2.72. The van der Waals surface area contributed by atoms with Crippen LogP contribution in [0.5, 0.6) is 0 Å². The number of hydrogen-bond donors (Lipinski definition) is 12. The number of rotatable bonds is 22. The molecule has 10 aliphatic rings. The third kappa shape index (κ3) is 15.3. The summed E-state index contributed by atoms with van der Waals surface area (Å²) in [5, 5.41) is 135. The smallest absolute Gasteiger partial charge is 0.331 e. The number of benzene rings is 1. The topological polar surface area (TPSA) is 448 Å². The van der Waals surface area contributed by atoms with Crippen LogP contribution in [0, 0.1) is 63.1 Å². The number of aryl methyl sites for hydroxylation is 1. The van der Waals surface area contributed by atoms with Crippen LogP contribution in [0.25, 0.3) is 6.08 Å². The summed E-state index contributed by atoms with van der Waals surface area (Å²) in [4.78, 5) is 68.5. The number of allylic oxidation sites excluding steroid dienone is 2. The highest BCUT2D eigenvalue weighted by atomic mass is 16.8. The number of carbonyl (C=O) groups is 5. The molecule has 105 heavy (non-hydrogen) atoms. The molecule has 0 bridgehead atoms. The maximum Gasteiger partial charge on any atom is 0.331 e. The molecule has 1 aromatic rings. The van der Waals surface area contributed by atoms with E-state index < -0.39 is 230 Å². The first kappa shape index (κ1) is 81.4. The predicted octanol–water partition coefficient (Wildman–Crippen LogP) is 0.983. The summed E-state index contributed by atoms with van der Waals surface area (Å²) in [5.41, 5.74) is -3.73. The van der Waals surface area contributed by atoms with Crippen molar-refractivity contribution in [2.45, 2.75) is 299 Å². The Morgan fingerprint density at radius 3 is 1.90 bits per heavy atom. The zero-order valence-corrected chi connectivity index (χ0v) is 61.2. The molecule has 30 heteroatoms. The highest BCUT2D eigenvalue weighted by molar-refractivity contribution is 5.87. The molecule has 0 amide bonds. The fourth-order valence-electron chi connectivity index (χ4n) is 19.7. The molecule has 30 nitrogen and oxygen atoms in total. The lowest BCUT2D eigenvalue weighted by atomic mass is 9.32. The molecule has 5 heterocycles. The lowest BCUT2D eigenvalue weighted by molar-refractivity contribution is -0.394. The summed E-state index contributed by atoms with van der Waals surface area (Å²) in [5.74, 6) is -4.26. The molecule has 4 saturated carbocycles. The van der Waals surface area contributed by atoms with Gasteiger partial charge >= 0.3 is 17.9 Å². The Balaban J connectivity index is 0.896. The second-order valence-electron chi connectivity index (χ2n) is 33.0. The van der Waals surface area contributed by atoms with Crippen molar-refractivity contribution in [3.8, 4) is 0 Å². The van der Waals surface area contributed by atoms with Gasteiger partial charge in [-0.25, -0.2) is 4.79 Å². The highest BCUT2D eigenvalue weighted by Gasteiger charge is 2.74.